The van der Waals surface area contributed by atoms with Crippen molar-refractivity contribution in [3.05, 3.63) is 0 Å². The van der Waals surface area contributed by atoms with Gasteiger partial charge in [-0.1, -0.05) is 34.6 Å². The Kier molecular flexibility index (Phi) is 7.79. The van der Waals surface area contributed by atoms with Gasteiger partial charge in [0.05, 0.1) is 6.04 Å². The number of carboxylic acids is 1. The summed E-state index contributed by atoms with van der Waals surface area (Å²) in [5.74, 6) is -1.05. The van der Waals surface area contributed by atoms with E-state index >= 15 is 0 Å². The van der Waals surface area contributed by atoms with E-state index in [2.05, 4.69) is 0 Å². The second-order valence-electron chi connectivity index (χ2n) is 6.82. The molecule has 0 radical (unpaired) electrons. The maximum Gasteiger partial charge on any atom is 0.303 e. The van der Waals surface area contributed by atoms with Crippen molar-refractivity contribution in [2.45, 2.75) is 66.3 Å². The smallest absolute Gasteiger partial charge is 0.303 e. The summed E-state index contributed by atoms with van der Waals surface area (Å²) in [4.78, 5) is 34.6. The van der Waals surface area contributed by atoms with E-state index in [1.54, 1.807) is 0 Å². The molecule has 122 valence electrons. The second kappa shape index (κ2) is 8.27. The fraction of sp³-hybridized carbons (Fsp3) is 0.812. The largest absolute Gasteiger partial charge is 0.481 e. The van der Waals surface area contributed by atoms with Crippen LogP contribution >= 0.6 is 0 Å². The fourth-order valence-corrected chi connectivity index (χ4v) is 2.45. The van der Waals surface area contributed by atoms with Crippen LogP contribution < -0.4 is 5.73 Å². The molecular weight excluding hydrogens is 270 g/mol. The number of carboxylic acid groups (broad SMARTS) is 1. The van der Waals surface area contributed by atoms with Gasteiger partial charge in [-0.15, -0.1) is 0 Å². The molecule has 0 bridgehead atoms. The molecule has 0 aliphatic rings. The molecule has 0 spiro atoms. The topological polar surface area (TPSA) is 97.5 Å². The maximum absolute atomic E-state index is 12.2. The van der Waals surface area contributed by atoms with E-state index in [1.807, 2.05) is 34.6 Å². The highest BCUT2D eigenvalue weighted by molar-refractivity contribution is 5.86. The zero-order valence-corrected chi connectivity index (χ0v) is 13.8. The average Bonchev–Trinajstić information content (AvgIpc) is 2.35. The van der Waals surface area contributed by atoms with E-state index in [4.69, 9.17) is 10.8 Å². The van der Waals surface area contributed by atoms with E-state index in [1.165, 1.54) is 0 Å². The molecule has 0 fully saturated rings. The minimum absolute atomic E-state index is 0.00270. The third kappa shape index (κ3) is 6.85. The Balaban J connectivity index is 4.53. The van der Waals surface area contributed by atoms with Gasteiger partial charge in [-0.3, -0.25) is 14.4 Å². The Hall–Kier alpha value is -1.23. The first-order valence-electron chi connectivity index (χ1n) is 7.53. The third-order valence-electron chi connectivity index (χ3n) is 3.89. The van der Waals surface area contributed by atoms with Gasteiger partial charge in [-0.2, -0.15) is 0 Å². The quantitative estimate of drug-likeness (QED) is 0.645. The van der Waals surface area contributed by atoms with Crippen LogP contribution in [0.5, 0.6) is 0 Å². The van der Waals surface area contributed by atoms with Gasteiger partial charge in [-0.05, 0) is 18.8 Å². The van der Waals surface area contributed by atoms with Gasteiger partial charge in [-0.25, -0.2) is 0 Å². The maximum atomic E-state index is 12.2. The number of hydrogen-bond acceptors (Lipinski definition) is 4. The van der Waals surface area contributed by atoms with Crippen molar-refractivity contribution in [2.75, 3.05) is 0 Å². The molecule has 3 N–H and O–H groups in total. The van der Waals surface area contributed by atoms with Crippen LogP contribution in [0.4, 0.5) is 0 Å². The molecule has 0 amide bonds. The number of ketones is 2. The predicted octanol–water partition coefficient (Wildman–Crippen LogP) is 2.42. The van der Waals surface area contributed by atoms with Gasteiger partial charge >= 0.3 is 5.97 Å². The number of rotatable bonds is 10. The summed E-state index contributed by atoms with van der Waals surface area (Å²) in [6.07, 6.45) is 1.13. The lowest BCUT2D eigenvalue weighted by atomic mass is 9.75. The number of Topliss-reactive ketones (excluding diaryl/α,β-unsaturated/α-hetero) is 2. The Bertz CT molecular complexity index is 388. The normalized spacial score (nSPS) is 14.8. The Labute approximate surface area is 127 Å². The van der Waals surface area contributed by atoms with Crippen LogP contribution in [0, 0.1) is 17.3 Å². The molecular formula is C16H29NO4. The van der Waals surface area contributed by atoms with Crippen LogP contribution in [0.15, 0.2) is 0 Å². The lowest BCUT2D eigenvalue weighted by molar-refractivity contribution is -0.137. The molecule has 21 heavy (non-hydrogen) atoms. The molecule has 0 aliphatic heterocycles. The summed E-state index contributed by atoms with van der Waals surface area (Å²) in [7, 11) is 0. The molecule has 0 aromatic rings. The van der Waals surface area contributed by atoms with E-state index in [0.29, 0.717) is 12.8 Å². The van der Waals surface area contributed by atoms with Crippen LogP contribution in [0.1, 0.15) is 60.3 Å². The Morgan fingerprint density at radius 1 is 1.10 bits per heavy atom. The van der Waals surface area contributed by atoms with E-state index in [9.17, 15) is 14.4 Å². The first-order chi connectivity index (χ1) is 9.49. The zero-order chi connectivity index (χ0) is 16.8. The summed E-state index contributed by atoms with van der Waals surface area (Å²) in [5.41, 5.74) is 5.38. The van der Waals surface area contributed by atoms with Crippen molar-refractivity contribution in [3.8, 4) is 0 Å². The van der Waals surface area contributed by atoms with Crippen LogP contribution in [0.3, 0.4) is 0 Å². The SMILES string of the molecule is CC(C)C(=O)[C@@H](N)C(C)CC(C)(C)C(=O)CCCC(=O)O. The molecule has 5 nitrogen and oxygen atoms in total. The predicted molar refractivity (Wildman–Crippen MR) is 81.9 cm³/mol. The van der Waals surface area contributed by atoms with Crippen molar-refractivity contribution in [2.24, 2.45) is 23.0 Å². The van der Waals surface area contributed by atoms with Crippen molar-refractivity contribution in [1.29, 1.82) is 0 Å². The molecule has 0 aromatic carbocycles. The number of carbonyl (C=O) groups excluding carboxylic acids is 2. The van der Waals surface area contributed by atoms with Crippen LogP contribution in [0.25, 0.3) is 0 Å². The minimum Gasteiger partial charge on any atom is -0.481 e. The molecule has 5 heteroatoms. The number of carbonyl (C=O) groups is 3. The van der Waals surface area contributed by atoms with Gasteiger partial charge in [0, 0.05) is 24.2 Å². The Morgan fingerprint density at radius 3 is 2.05 bits per heavy atom. The second-order valence-corrected chi connectivity index (χ2v) is 6.82. The van der Waals surface area contributed by atoms with Crippen molar-refractivity contribution >= 4 is 17.5 Å². The summed E-state index contributed by atoms with van der Waals surface area (Å²) in [5, 5.41) is 8.60. The summed E-state index contributed by atoms with van der Waals surface area (Å²) in [6.45, 7) is 9.18. The first kappa shape index (κ1) is 19.8. The highest BCUT2D eigenvalue weighted by Crippen LogP contribution is 2.30. The van der Waals surface area contributed by atoms with E-state index in [-0.39, 0.29) is 36.2 Å². The highest BCUT2D eigenvalue weighted by Gasteiger charge is 2.33. The standard InChI is InChI=1S/C16H29NO4/c1-10(2)15(21)14(17)11(3)9-16(4,5)12(18)7-6-8-13(19)20/h10-11,14H,6-9,17H2,1-5H3,(H,19,20)/t11?,14-/m0/s1. The minimum atomic E-state index is -0.890. The van der Waals surface area contributed by atoms with Crippen LogP contribution in [0.2, 0.25) is 0 Å². The molecule has 0 aromatic heterocycles. The highest BCUT2D eigenvalue weighted by atomic mass is 16.4. The average molecular weight is 299 g/mol. The van der Waals surface area contributed by atoms with Gasteiger partial charge in [0.2, 0.25) is 0 Å². The third-order valence-corrected chi connectivity index (χ3v) is 3.89. The van der Waals surface area contributed by atoms with Crippen molar-refractivity contribution < 1.29 is 19.5 Å². The lowest BCUT2D eigenvalue weighted by Crippen LogP contribution is -2.42. The van der Waals surface area contributed by atoms with Crippen molar-refractivity contribution in [1.82, 2.24) is 0 Å². The molecule has 0 heterocycles. The number of hydrogen-bond donors (Lipinski definition) is 2. The first-order valence-corrected chi connectivity index (χ1v) is 7.53. The number of nitrogens with two attached hydrogens (primary N) is 1. The van der Waals surface area contributed by atoms with Crippen LogP contribution in [-0.4, -0.2) is 28.7 Å². The molecule has 0 aliphatic carbocycles. The molecule has 2 atom stereocenters. The van der Waals surface area contributed by atoms with Gasteiger partial charge < -0.3 is 10.8 Å². The van der Waals surface area contributed by atoms with Crippen molar-refractivity contribution in [3.63, 3.8) is 0 Å². The summed E-state index contributed by atoms with van der Waals surface area (Å²) in [6, 6.07) is -0.559. The summed E-state index contributed by atoms with van der Waals surface area (Å²) < 4.78 is 0. The molecule has 0 rings (SSSR count). The molecule has 1 unspecified atom stereocenters. The molecule has 0 saturated heterocycles. The van der Waals surface area contributed by atoms with Crippen LogP contribution in [-0.2, 0) is 14.4 Å². The van der Waals surface area contributed by atoms with E-state index in [0.717, 1.165) is 0 Å². The monoisotopic (exact) mass is 299 g/mol. The lowest BCUT2D eigenvalue weighted by Gasteiger charge is -2.29. The summed E-state index contributed by atoms with van der Waals surface area (Å²) >= 11 is 0. The van der Waals surface area contributed by atoms with Gasteiger partial charge in [0.1, 0.15) is 5.78 Å². The molecule has 0 saturated carbocycles. The zero-order valence-electron chi connectivity index (χ0n) is 13.8. The van der Waals surface area contributed by atoms with E-state index < -0.39 is 17.4 Å². The number of aliphatic carboxylic acids is 1. The Morgan fingerprint density at radius 2 is 1.62 bits per heavy atom. The van der Waals surface area contributed by atoms with Gasteiger partial charge in [0.15, 0.2) is 5.78 Å². The van der Waals surface area contributed by atoms with Gasteiger partial charge in [0.25, 0.3) is 0 Å². The fourth-order valence-electron chi connectivity index (χ4n) is 2.45.